The van der Waals surface area contributed by atoms with Crippen LogP contribution in [0.2, 0.25) is 0 Å². The summed E-state index contributed by atoms with van der Waals surface area (Å²) in [6, 6.07) is 4.83. The Morgan fingerprint density at radius 3 is 2.96 bits per heavy atom. The summed E-state index contributed by atoms with van der Waals surface area (Å²) in [5, 5.41) is 7.41. The second-order valence-electron chi connectivity index (χ2n) is 5.32. The Labute approximate surface area is 137 Å². The summed E-state index contributed by atoms with van der Waals surface area (Å²) in [5.41, 5.74) is 0.918. The van der Waals surface area contributed by atoms with E-state index in [1.54, 1.807) is 35.4 Å². The SMILES string of the molecule is CCn1cc(NC(=O)CCn2c(C(F)F)cc3cccnc32)cn1. The normalized spacial score (nSPS) is 11.3. The summed E-state index contributed by atoms with van der Waals surface area (Å²) in [6.45, 7) is 2.78. The highest BCUT2D eigenvalue weighted by molar-refractivity contribution is 5.90. The minimum Gasteiger partial charge on any atom is -0.324 e. The van der Waals surface area contributed by atoms with Crippen LogP contribution in [-0.4, -0.2) is 25.2 Å². The number of pyridine rings is 1. The Morgan fingerprint density at radius 1 is 1.42 bits per heavy atom. The van der Waals surface area contributed by atoms with Crippen LogP contribution in [0, 0.1) is 0 Å². The molecular formula is C16H17F2N5O. The molecule has 0 saturated heterocycles. The topological polar surface area (TPSA) is 64.7 Å². The summed E-state index contributed by atoms with van der Waals surface area (Å²) in [6.07, 6.45) is 2.27. The number of alkyl halides is 2. The predicted molar refractivity (Wildman–Crippen MR) is 85.8 cm³/mol. The van der Waals surface area contributed by atoms with Crippen molar-refractivity contribution in [2.45, 2.75) is 32.9 Å². The fourth-order valence-electron chi connectivity index (χ4n) is 2.56. The number of hydrogen-bond donors (Lipinski definition) is 1. The van der Waals surface area contributed by atoms with Gasteiger partial charge in [0, 0.05) is 37.3 Å². The van der Waals surface area contributed by atoms with Crippen molar-refractivity contribution < 1.29 is 13.6 Å². The quantitative estimate of drug-likeness (QED) is 0.753. The molecule has 0 atom stereocenters. The van der Waals surface area contributed by atoms with Crippen LogP contribution in [0.15, 0.2) is 36.8 Å². The van der Waals surface area contributed by atoms with Crippen molar-refractivity contribution in [3.05, 3.63) is 42.5 Å². The first-order chi connectivity index (χ1) is 11.6. The van der Waals surface area contributed by atoms with Crippen molar-refractivity contribution in [1.29, 1.82) is 0 Å². The standard InChI is InChI=1S/C16H17F2N5O/c1-2-22-10-12(9-20-22)21-14(24)5-7-23-13(15(17)18)8-11-4-3-6-19-16(11)23/h3-4,6,8-10,15H,2,5,7H2,1H3,(H,21,24). The Hall–Kier alpha value is -2.77. The van der Waals surface area contributed by atoms with Gasteiger partial charge in [0.1, 0.15) is 5.65 Å². The summed E-state index contributed by atoms with van der Waals surface area (Å²) in [5.74, 6) is -0.261. The number of fused-ring (bicyclic) bond motifs is 1. The van der Waals surface area contributed by atoms with Gasteiger partial charge in [0.2, 0.25) is 5.91 Å². The van der Waals surface area contributed by atoms with Gasteiger partial charge in [0.15, 0.2) is 0 Å². The maximum absolute atomic E-state index is 13.2. The van der Waals surface area contributed by atoms with Gasteiger partial charge in [-0.1, -0.05) is 0 Å². The van der Waals surface area contributed by atoms with Crippen molar-refractivity contribution >= 4 is 22.6 Å². The van der Waals surface area contributed by atoms with Crippen LogP contribution in [0.25, 0.3) is 11.0 Å². The average molecular weight is 333 g/mol. The Balaban J connectivity index is 1.72. The molecule has 3 aromatic rings. The van der Waals surface area contributed by atoms with Gasteiger partial charge in [-0.2, -0.15) is 5.10 Å². The second kappa shape index (κ2) is 6.77. The van der Waals surface area contributed by atoms with Crippen LogP contribution in [-0.2, 0) is 17.9 Å². The van der Waals surface area contributed by atoms with Gasteiger partial charge in [0.05, 0.1) is 17.6 Å². The number of nitrogens with one attached hydrogen (secondary N) is 1. The molecule has 3 heterocycles. The molecule has 0 aromatic carbocycles. The highest BCUT2D eigenvalue weighted by atomic mass is 19.3. The number of carbonyl (C=O) groups is 1. The molecule has 0 saturated carbocycles. The molecule has 0 fully saturated rings. The smallest absolute Gasteiger partial charge is 0.278 e. The van der Waals surface area contributed by atoms with E-state index < -0.39 is 6.43 Å². The third-order valence-electron chi connectivity index (χ3n) is 3.71. The zero-order chi connectivity index (χ0) is 17.1. The largest absolute Gasteiger partial charge is 0.324 e. The lowest BCUT2D eigenvalue weighted by molar-refractivity contribution is -0.116. The van der Waals surface area contributed by atoms with Gasteiger partial charge in [0.25, 0.3) is 6.43 Å². The summed E-state index contributed by atoms with van der Waals surface area (Å²) >= 11 is 0. The average Bonchev–Trinajstić information content (AvgIpc) is 3.17. The molecule has 1 amide bonds. The number of amides is 1. The number of carbonyl (C=O) groups excluding carboxylic acids is 1. The van der Waals surface area contributed by atoms with Crippen molar-refractivity contribution in [1.82, 2.24) is 19.3 Å². The molecule has 0 radical (unpaired) electrons. The molecule has 0 spiro atoms. The Kier molecular flexibility index (Phi) is 4.54. The minimum absolute atomic E-state index is 0.0668. The first-order valence-electron chi connectivity index (χ1n) is 7.63. The lowest BCUT2D eigenvalue weighted by Crippen LogP contribution is -2.15. The number of nitrogens with zero attached hydrogens (tertiary/aromatic N) is 4. The van der Waals surface area contributed by atoms with Crippen molar-refractivity contribution in [2.75, 3.05) is 5.32 Å². The minimum atomic E-state index is -2.62. The van der Waals surface area contributed by atoms with Crippen LogP contribution in [0.4, 0.5) is 14.5 Å². The molecule has 0 aliphatic heterocycles. The molecule has 126 valence electrons. The van der Waals surface area contributed by atoms with Crippen molar-refractivity contribution in [3.63, 3.8) is 0 Å². The maximum atomic E-state index is 13.2. The number of aromatic nitrogens is 4. The third kappa shape index (κ3) is 3.27. The molecule has 6 nitrogen and oxygen atoms in total. The number of aryl methyl sites for hydroxylation is 2. The van der Waals surface area contributed by atoms with Gasteiger partial charge in [-0.25, -0.2) is 13.8 Å². The second-order valence-corrected chi connectivity index (χ2v) is 5.32. The van der Waals surface area contributed by atoms with E-state index in [2.05, 4.69) is 15.4 Å². The fourth-order valence-corrected chi connectivity index (χ4v) is 2.56. The number of halogens is 2. The summed E-state index contributed by atoms with van der Waals surface area (Å²) in [7, 11) is 0. The van der Waals surface area contributed by atoms with Crippen LogP contribution >= 0.6 is 0 Å². The van der Waals surface area contributed by atoms with E-state index in [0.717, 1.165) is 0 Å². The van der Waals surface area contributed by atoms with Crippen LogP contribution in [0.3, 0.4) is 0 Å². The summed E-state index contributed by atoms with van der Waals surface area (Å²) in [4.78, 5) is 16.2. The number of rotatable bonds is 6. The Morgan fingerprint density at radius 2 is 2.25 bits per heavy atom. The first-order valence-corrected chi connectivity index (χ1v) is 7.63. The first kappa shape index (κ1) is 16.1. The molecule has 24 heavy (non-hydrogen) atoms. The molecule has 8 heteroatoms. The third-order valence-corrected chi connectivity index (χ3v) is 3.71. The molecule has 0 unspecified atom stereocenters. The van der Waals surface area contributed by atoms with Crippen LogP contribution in [0.1, 0.15) is 25.5 Å². The predicted octanol–water partition coefficient (Wildman–Crippen LogP) is 3.22. The van der Waals surface area contributed by atoms with E-state index in [1.807, 2.05) is 6.92 Å². The van der Waals surface area contributed by atoms with Crippen LogP contribution in [0.5, 0.6) is 0 Å². The Bertz CT molecular complexity index is 855. The van der Waals surface area contributed by atoms with Gasteiger partial charge in [-0.3, -0.25) is 9.48 Å². The number of hydrogen-bond acceptors (Lipinski definition) is 3. The lowest BCUT2D eigenvalue weighted by atomic mass is 10.3. The summed E-state index contributed by atoms with van der Waals surface area (Å²) < 4.78 is 29.5. The highest BCUT2D eigenvalue weighted by Crippen LogP contribution is 2.26. The van der Waals surface area contributed by atoms with E-state index in [4.69, 9.17) is 0 Å². The van der Waals surface area contributed by atoms with Crippen LogP contribution < -0.4 is 5.32 Å². The molecular weight excluding hydrogens is 316 g/mol. The van der Waals surface area contributed by atoms with E-state index >= 15 is 0 Å². The lowest BCUT2D eigenvalue weighted by Gasteiger charge is -2.09. The van der Waals surface area contributed by atoms with Gasteiger partial charge < -0.3 is 9.88 Å². The molecule has 0 aliphatic rings. The molecule has 3 aromatic heterocycles. The highest BCUT2D eigenvalue weighted by Gasteiger charge is 2.18. The molecule has 0 bridgehead atoms. The molecule has 3 rings (SSSR count). The van der Waals surface area contributed by atoms with E-state index in [1.165, 1.54) is 10.6 Å². The van der Waals surface area contributed by atoms with Crippen molar-refractivity contribution in [3.8, 4) is 0 Å². The monoisotopic (exact) mass is 333 g/mol. The number of anilines is 1. The zero-order valence-electron chi connectivity index (χ0n) is 13.1. The fraction of sp³-hybridized carbons (Fsp3) is 0.312. The van der Waals surface area contributed by atoms with E-state index in [9.17, 15) is 13.6 Å². The van der Waals surface area contributed by atoms with Crippen molar-refractivity contribution in [2.24, 2.45) is 0 Å². The van der Waals surface area contributed by atoms with Gasteiger partial charge in [-0.05, 0) is 25.1 Å². The van der Waals surface area contributed by atoms with Gasteiger partial charge >= 0.3 is 0 Å². The maximum Gasteiger partial charge on any atom is 0.278 e. The zero-order valence-corrected chi connectivity index (χ0v) is 13.1. The van der Waals surface area contributed by atoms with Gasteiger partial charge in [-0.15, -0.1) is 0 Å². The molecule has 1 N–H and O–H groups in total. The van der Waals surface area contributed by atoms with E-state index in [0.29, 0.717) is 23.3 Å². The van der Waals surface area contributed by atoms with E-state index in [-0.39, 0.29) is 24.6 Å². The molecule has 0 aliphatic carbocycles.